The van der Waals surface area contributed by atoms with Crippen molar-refractivity contribution in [3.05, 3.63) is 0 Å². The van der Waals surface area contributed by atoms with E-state index in [1.54, 1.807) is 0 Å². The normalized spacial score (nSPS) is 34.0. The Morgan fingerprint density at radius 1 is 1.50 bits per heavy atom. The van der Waals surface area contributed by atoms with E-state index in [2.05, 4.69) is 12.2 Å². The minimum Gasteiger partial charge on any atom is -0.389 e. The van der Waals surface area contributed by atoms with Crippen LogP contribution in [-0.2, 0) is 0 Å². The van der Waals surface area contributed by atoms with Gasteiger partial charge in [-0.2, -0.15) is 0 Å². The molecule has 0 saturated heterocycles. The van der Waals surface area contributed by atoms with Gasteiger partial charge < -0.3 is 10.4 Å². The monoisotopic (exact) mass is 171 g/mol. The van der Waals surface area contributed by atoms with E-state index >= 15 is 0 Å². The Kier molecular flexibility index (Phi) is 3.13. The lowest BCUT2D eigenvalue weighted by molar-refractivity contribution is 0.0464. The SMILES string of the molecule is CCC(C)(O)CNC1CC(C)C1. The summed E-state index contributed by atoms with van der Waals surface area (Å²) in [7, 11) is 0. The Labute approximate surface area is 75.4 Å². The molecule has 0 heterocycles. The van der Waals surface area contributed by atoms with E-state index in [4.69, 9.17) is 0 Å². The Hall–Kier alpha value is -0.0800. The van der Waals surface area contributed by atoms with Gasteiger partial charge in [0.15, 0.2) is 0 Å². The first-order valence-corrected chi connectivity index (χ1v) is 4.99. The molecule has 0 aromatic carbocycles. The second kappa shape index (κ2) is 3.75. The van der Waals surface area contributed by atoms with Gasteiger partial charge in [0, 0.05) is 12.6 Å². The Morgan fingerprint density at radius 3 is 2.50 bits per heavy atom. The second-order valence-electron chi connectivity index (χ2n) is 4.50. The maximum atomic E-state index is 9.70. The van der Waals surface area contributed by atoms with Gasteiger partial charge in [0.05, 0.1) is 5.60 Å². The minimum atomic E-state index is -0.515. The zero-order valence-electron chi connectivity index (χ0n) is 8.43. The average Bonchev–Trinajstić information content (AvgIpc) is 1.96. The quantitative estimate of drug-likeness (QED) is 0.672. The molecule has 0 radical (unpaired) electrons. The van der Waals surface area contributed by atoms with Gasteiger partial charge in [0.2, 0.25) is 0 Å². The van der Waals surface area contributed by atoms with Gasteiger partial charge in [-0.15, -0.1) is 0 Å². The van der Waals surface area contributed by atoms with Crippen LogP contribution in [0.25, 0.3) is 0 Å². The van der Waals surface area contributed by atoms with Crippen LogP contribution < -0.4 is 5.32 Å². The van der Waals surface area contributed by atoms with Crippen molar-refractivity contribution in [3.8, 4) is 0 Å². The fourth-order valence-electron chi connectivity index (χ4n) is 1.56. The highest BCUT2D eigenvalue weighted by atomic mass is 16.3. The van der Waals surface area contributed by atoms with E-state index in [0.29, 0.717) is 6.04 Å². The molecular formula is C10H21NO. The van der Waals surface area contributed by atoms with Crippen molar-refractivity contribution in [2.24, 2.45) is 5.92 Å². The average molecular weight is 171 g/mol. The first-order valence-electron chi connectivity index (χ1n) is 4.99. The van der Waals surface area contributed by atoms with Crippen molar-refractivity contribution >= 4 is 0 Å². The van der Waals surface area contributed by atoms with Crippen molar-refractivity contribution in [1.29, 1.82) is 0 Å². The van der Waals surface area contributed by atoms with E-state index in [0.717, 1.165) is 18.9 Å². The third-order valence-electron chi connectivity index (χ3n) is 2.91. The van der Waals surface area contributed by atoms with E-state index in [1.165, 1.54) is 12.8 Å². The molecular weight excluding hydrogens is 150 g/mol. The molecule has 1 unspecified atom stereocenters. The van der Waals surface area contributed by atoms with Crippen molar-refractivity contribution in [2.75, 3.05) is 6.54 Å². The highest BCUT2D eigenvalue weighted by Gasteiger charge is 2.27. The Bertz CT molecular complexity index is 139. The van der Waals surface area contributed by atoms with Crippen LogP contribution in [0.4, 0.5) is 0 Å². The Morgan fingerprint density at radius 2 is 2.08 bits per heavy atom. The lowest BCUT2D eigenvalue weighted by Crippen LogP contribution is -2.47. The number of rotatable bonds is 4. The highest BCUT2D eigenvalue weighted by molar-refractivity contribution is 4.85. The first kappa shape index (κ1) is 10.0. The van der Waals surface area contributed by atoms with Gasteiger partial charge in [0.25, 0.3) is 0 Å². The predicted molar refractivity (Wildman–Crippen MR) is 51.1 cm³/mol. The molecule has 1 aliphatic rings. The molecule has 1 aliphatic carbocycles. The van der Waals surface area contributed by atoms with Gasteiger partial charge in [-0.3, -0.25) is 0 Å². The zero-order valence-corrected chi connectivity index (χ0v) is 8.43. The zero-order chi connectivity index (χ0) is 9.19. The molecule has 2 heteroatoms. The lowest BCUT2D eigenvalue weighted by Gasteiger charge is -2.35. The number of nitrogens with one attached hydrogen (secondary N) is 1. The molecule has 1 saturated carbocycles. The highest BCUT2D eigenvalue weighted by Crippen LogP contribution is 2.26. The summed E-state index contributed by atoms with van der Waals surface area (Å²) >= 11 is 0. The maximum absolute atomic E-state index is 9.70. The van der Waals surface area contributed by atoms with Gasteiger partial charge in [-0.25, -0.2) is 0 Å². The molecule has 0 aromatic heterocycles. The van der Waals surface area contributed by atoms with Crippen LogP contribution in [0.3, 0.4) is 0 Å². The van der Waals surface area contributed by atoms with Gasteiger partial charge >= 0.3 is 0 Å². The lowest BCUT2D eigenvalue weighted by atomic mass is 9.81. The first-order chi connectivity index (χ1) is 5.53. The molecule has 2 nitrogen and oxygen atoms in total. The molecule has 2 N–H and O–H groups in total. The molecule has 0 aromatic rings. The molecule has 0 aliphatic heterocycles. The summed E-state index contributed by atoms with van der Waals surface area (Å²) < 4.78 is 0. The summed E-state index contributed by atoms with van der Waals surface area (Å²) in [5.41, 5.74) is -0.515. The number of hydrogen-bond donors (Lipinski definition) is 2. The molecule has 0 bridgehead atoms. The summed E-state index contributed by atoms with van der Waals surface area (Å²) in [4.78, 5) is 0. The van der Waals surface area contributed by atoms with Crippen molar-refractivity contribution < 1.29 is 5.11 Å². The van der Waals surface area contributed by atoms with Gasteiger partial charge in [-0.05, 0) is 32.1 Å². The molecule has 1 fully saturated rings. The molecule has 12 heavy (non-hydrogen) atoms. The summed E-state index contributed by atoms with van der Waals surface area (Å²) in [6.07, 6.45) is 3.38. The standard InChI is InChI=1S/C10H21NO/c1-4-10(3,12)7-11-9-5-8(2)6-9/h8-9,11-12H,4-7H2,1-3H3. The van der Waals surface area contributed by atoms with Gasteiger partial charge in [0.1, 0.15) is 0 Å². The molecule has 1 atom stereocenters. The van der Waals surface area contributed by atoms with Gasteiger partial charge in [-0.1, -0.05) is 13.8 Å². The van der Waals surface area contributed by atoms with Crippen LogP contribution in [0, 0.1) is 5.92 Å². The summed E-state index contributed by atoms with van der Waals surface area (Å²) in [5, 5.41) is 13.1. The minimum absolute atomic E-state index is 0.515. The second-order valence-corrected chi connectivity index (χ2v) is 4.50. The fraction of sp³-hybridized carbons (Fsp3) is 1.00. The maximum Gasteiger partial charge on any atom is 0.0741 e. The number of aliphatic hydroxyl groups is 1. The van der Waals surface area contributed by atoms with Crippen LogP contribution in [-0.4, -0.2) is 23.3 Å². The smallest absolute Gasteiger partial charge is 0.0741 e. The largest absolute Gasteiger partial charge is 0.389 e. The van der Waals surface area contributed by atoms with Crippen LogP contribution >= 0.6 is 0 Å². The molecule has 72 valence electrons. The van der Waals surface area contributed by atoms with E-state index in [1.807, 2.05) is 13.8 Å². The van der Waals surface area contributed by atoms with Crippen LogP contribution in [0.2, 0.25) is 0 Å². The summed E-state index contributed by atoms with van der Waals surface area (Å²) in [6.45, 7) is 6.92. The molecule has 0 amide bonds. The fourth-order valence-corrected chi connectivity index (χ4v) is 1.56. The van der Waals surface area contributed by atoms with Crippen molar-refractivity contribution in [3.63, 3.8) is 0 Å². The molecule has 1 rings (SSSR count). The Balaban J connectivity index is 2.10. The number of hydrogen-bond acceptors (Lipinski definition) is 2. The van der Waals surface area contributed by atoms with E-state index < -0.39 is 5.60 Å². The molecule has 0 spiro atoms. The third-order valence-corrected chi connectivity index (χ3v) is 2.91. The van der Waals surface area contributed by atoms with Crippen LogP contribution in [0.1, 0.15) is 40.0 Å². The topological polar surface area (TPSA) is 32.3 Å². The van der Waals surface area contributed by atoms with E-state index in [-0.39, 0.29) is 0 Å². The van der Waals surface area contributed by atoms with Crippen molar-refractivity contribution in [2.45, 2.75) is 51.7 Å². The van der Waals surface area contributed by atoms with E-state index in [9.17, 15) is 5.11 Å². The van der Waals surface area contributed by atoms with Crippen LogP contribution in [0.5, 0.6) is 0 Å². The summed E-state index contributed by atoms with van der Waals surface area (Å²) in [5.74, 6) is 0.883. The predicted octanol–water partition coefficient (Wildman–Crippen LogP) is 1.54. The third kappa shape index (κ3) is 2.76. The summed E-state index contributed by atoms with van der Waals surface area (Å²) in [6, 6.07) is 0.665. The van der Waals surface area contributed by atoms with Crippen molar-refractivity contribution in [1.82, 2.24) is 5.32 Å². The van der Waals surface area contributed by atoms with Crippen LogP contribution in [0.15, 0.2) is 0 Å².